The van der Waals surface area contributed by atoms with Gasteiger partial charge in [-0.25, -0.2) is 15.0 Å². The first-order chi connectivity index (χ1) is 14.8. The maximum Gasteiger partial charge on any atom is 0.265 e. The zero-order chi connectivity index (χ0) is 22.1. The molecule has 0 aromatic carbocycles. The van der Waals surface area contributed by atoms with Crippen LogP contribution in [0.5, 0.6) is 0 Å². The number of carbonyl (C=O) groups excluding carboxylic acids is 1. The van der Waals surface area contributed by atoms with Gasteiger partial charge >= 0.3 is 0 Å². The lowest BCUT2D eigenvalue weighted by molar-refractivity contribution is 0.0710. The van der Waals surface area contributed by atoms with Crippen LogP contribution in [0.4, 0.5) is 11.6 Å². The number of hydrogen-bond donors (Lipinski definition) is 1. The lowest BCUT2D eigenvalue weighted by Crippen LogP contribution is -2.39. The minimum absolute atomic E-state index is 0.0856. The highest BCUT2D eigenvalue weighted by Crippen LogP contribution is 2.30. The van der Waals surface area contributed by atoms with Crippen molar-refractivity contribution in [3.63, 3.8) is 0 Å². The Balaban J connectivity index is 1.54. The molecule has 1 aliphatic heterocycles. The minimum Gasteiger partial charge on any atom is -0.337 e. The Morgan fingerprint density at radius 2 is 1.71 bits per heavy atom. The molecule has 3 aromatic rings. The van der Waals surface area contributed by atoms with Gasteiger partial charge in [-0.05, 0) is 65.7 Å². The molecule has 0 bridgehead atoms. The van der Waals surface area contributed by atoms with Gasteiger partial charge in [0, 0.05) is 47.5 Å². The van der Waals surface area contributed by atoms with E-state index in [0.717, 1.165) is 63.4 Å². The Kier molecular flexibility index (Phi) is 6.00. The summed E-state index contributed by atoms with van der Waals surface area (Å²) in [4.78, 5) is 34.0. The standard InChI is InChI=1S/C23H28N6OS/c1-13-9-14(2)26-23(25-13)28-19-10-15(3)24-20(11-19)18-7-6-8-29(12-18)22(30)21-16(4)27-17(5)31-21/h9-11,18H,6-8,12H2,1-5H3,(H,24,25,26,28)/t18-/m1/s1. The third-order valence-electron chi connectivity index (χ3n) is 5.44. The van der Waals surface area contributed by atoms with Crippen LogP contribution in [-0.2, 0) is 0 Å². The molecule has 1 aliphatic rings. The Hall–Kier alpha value is -2.87. The summed E-state index contributed by atoms with van der Waals surface area (Å²) in [6, 6.07) is 6.02. The van der Waals surface area contributed by atoms with Crippen LogP contribution in [0.1, 0.15) is 61.9 Å². The molecule has 31 heavy (non-hydrogen) atoms. The van der Waals surface area contributed by atoms with Crippen molar-refractivity contribution in [1.29, 1.82) is 0 Å². The van der Waals surface area contributed by atoms with E-state index in [4.69, 9.17) is 4.98 Å². The zero-order valence-corrected chi connectivity index (χ0v) is 19.5. The minimum atomic E-state index is 0.0856. The fraction of sp³-hybridized carbons (Fsp3) is 0.435. The van der Waals surface area contributed by atoms with E-state index >= 15 is 0 Å². The average Bonchev–Trinajstić information content (AvgIpc) is 3.04. The highest BCUT2D eigenvalue weighted by molar-refractivity contribution is 7.13. The summed E-state index contributed by atoms with van der Waals surface area (Å²) in [7, 11) is 0. The molecule has 162 valence electrons. The average molecular weight is 437 g/mol. The van der Waals surface area contributed by atoms with Gasteiger partial charge in [0.05, 0.1) is 10.7 Å². The molecule has 7 nitrogen and oxygen atoms in total. The molecule has 8 heteroatoms. The number of piperidine rings is 1. The molecule has 0 spiro atoms. The van der Waals surface area contributed by atoms with E-state index in [9.17, 15) is 4.79 Å². The van der Waals surface area contributed by atoms with Crippen LogP contribution in [0.25, 0.3) is 0 Å². The van der Waals surface area contributed by atoms with Crippen molar-refractivity contribution in [3.8, 4) is 0 Å². The summed E-state index contributed by atoms with van der Waals surface area (Å²) in [5.41, 5.74) is 5.53. The molecular weight excluding hydrogens is 408 g/mol. The molecule has 3 aromatic heterocycles. The van der Waals surface area contributed by atoms with Crippen LogP contribution in [0.3, 0.4) is 0 Å². The second kappa shape index (κ2) is 8.70. The summed E-state index contributed by atoms with van der Waals surface area (Å²) < 4.78 is 0. The quantitative estimate of drug-likeness (QED) is 0.642. The number of nitrogens with zero attached hydrogens (tertiary/aromatic N) is 5. The highest BCUT2D eigenvalue weighted by atomic mass is 32.1. The van der Waals surface area contributed by atoms with Crippen molar-refractivity contribution >= 4 is 28.9 Å². The number of thiazole rings is 1. The SMILES string of the molecule is Cc1cc(Nc2nc(C)cc(C)n2)cc([C@@H]2CCCN(C(=O)c3sc(C)nc3C)C2)n1. The van der Waals surface area contributed by atoms with Crippen LogP contribution in [0, 0.1) is 34.6 Å². The number of nitrogens with one attached hydrogen (secondary N) is 1. The van der Waals surface area contributed by atoms with Crippen molar-refractivity contribution in [3.05, 3.63) is 56.6 Å². The van der Waals surface area contributed by atoms with E-state index in [2.05, 4.69) is 26.3 Å². The maximum absolute atomic E-state index is 13.1. The predicted molar refractivity (Wildman–Crippen MR) is 123 cm³/mol. The summed E-state index contributed by atoms with van der Waals surface area (Å²) in [5, 5.41) is 4.26. The van der Waals surface area contributed by atoms with E-state index in [1.807, 2.05) is 51.7 Å². The lowest BCUT2D eigenvalue weighted by atomic mass is 9.93. The van der Waals surface area contributed by atoms with E-state index in [-0.39, 0.29) is 11.8 Å². The van der Waals surface area contributed by atoms with Crippen molar-refractivity contribution in [2.24, 2.45) is 0 Å². The predicted octanol–water partition coefficient (Wildman–Crippen LogP) is 4.63. The van der Waals surface area contributed by atoms with Gasteiger partial charge in [0.15, 0.2) is 0 Å². The maximum atomic E-state index is 13.1. The molecule has 0 saturated carbocycles. The molecule has 0 unspecified atom stereocenters. The molecule has 1 atom stereocenters. The molecule has 1 saturated heterocycles. The second-order valence-corrected chi connectivity index (χ2v) is 9.46. The molecular formula is C23H28N6OS. The van der Waals surface area contributed by atoms with Crippen molar-refractivity contribution in [2.45, 2.75) is 53.4 Å². The summed E-state index contributed by atoms with van der Waals surface area (Å²) in [6.45, 7) is 11.2. The van der Waals surface area contributed by atoms with Crippen molar-refractivity contribution < 1.29 is 4.79 Å². The first kappa shape index (κ1) is 21.4. The summed E-state index contributed by atoms with van der Waals surface area (Å²) in [5.74, 6) is 0.876. The number of rotatable bonds is 4. The summed E-state index contributed by atoms with van der Waals surface area (Å²) >= 11 is 1.48. The Morgan fingerprint density at radius 3 is 2.39 bits per heavy atom. The molecule has 1 N–H and O–H groups in total. The van der Waals surface area contributed by atoms with Crippen LogP contribution in [0.2, 0.25) is 0 Å². The number of amides is 1. The first-order valence-corrected chi connectivity index (χ1v) is 11.4. The van der Waals surface area contributed by atoms with Gasteiger partial charge in [0.25, 0.3) is 5.91 Å². The number of aryl methyl sites for hydroxylation is 5. The number of anilines is 2. The van der Waals surface area contributed by atoms with Crippen molar-refractivity contribution in [1.82, 2.24) is 24.8 Å². The number of carbonyl (C=O) groups is 1. The van der Waals surface area contributed by atoms with Crippen LogP contribution < -0.4 is 5.32 Å². The molecule has 1 amide bonds. The smallest absolute Gasteiger partial charge is 0.265 e. The second-order valence-electron chi connectivity index (χ2n) is 8.26. The number of hydrogen-bond acceptors (Lipinski definition) is 7. The monoisotopic (exact) mass is 436 g/mol. The first-order valence-electron chi connectivity index (χ1n) is 10.6. The lowest BCUT2D eigenvalue weighted by Gasteiger charge is -2.32. The normalized spacial score (nSPS) is 16.4. The van der Waals surface area contributed by atoms with Gasteiger partial charge in [-0.1, -0.05) is 0 Å². The Labute approximate surface area is 187 Å². The fourth-order valence-corrected chi connectivity index (χ4v) is 5.05. The number of likely N-dealkylation sites (tertiary alicyclic amines) is 1. The molecule has 1 fully saturated rings. The van der Waals surface area contributed by atoms with Gasteiger partial charge < -0.3 is 10.2 Å². The van der Waals surface area contributed by atoms with Crippen molar-refractivity contribution in [2.75, 3.05) is 18.4 Å². The molecule has 4 rings (SSSR count). The van der Waals surface area contributed by atoms with Gasteiger partial charge in [0.1, 0.15) is 4.88 Å². The Morgan fingerprint density at radius 1 is 1.00 bits per heavy atom. The van der Waals surface area contributed by atoms with Gasteiger partial charge in [-0.15, -0.1) is 11.3 Å². The van der Waals surface area contributed by atoms with Crippen LogP contribution in [-0.4, -0.2) is 43.8 Å². The van der Waals surface area contributed by atoms with Gasteiger partial charge in [-0.3, -0.25) is 9.78 Å². The Bertz CT molecular complexity index is 1100. The van der Waals surface area contributed by atoms with Crippen LogP contribution >= 0.6 is 11.3 Å². The highest BCUT2D eigenvalue weighted by Gasteiger charge is 2.28. The largest absolute Gasteiger partial charge is 0.337 e. The van der Waals surface area contributed by atoms with Gasteiger partial charge in [-0.2, -0.15) is 0 Å². The number of aromatic nitrogens is 4. The third-order valence-corrected chi connectivity index (χ3v) is 6.50. The van der Waals surface area contributed by atoms with Crippen LogP contribution in [0.15, 0.2) is 18.2 Å². The molecule has 0 aliphatic carbocycles. The third kappa shape index (κ3) is 4.90. The van der Waals surface area contributed by atoms with Gasteiger partial charge in [0.2, 0.25) is 5.95 Å². The van der Waals surface area contributed by atoms with E-state index < -0.39 is 0 Å². The molecule has 0 radical (unpaired) electrons. The summed E-state index contributed by atoms with van der Waals surface area (Å²) in [6.07, 6.45) is 1.98. The topological polar surface area (TPSA) is 83.9 Å². The van der Waals surface area contributed by atoms with E-state index in [1.165, 1.54) is 11.3 Å². The zero-order valence-electron chi connectivity index (χ0n) is 18.7. The van der Waals surface area contributed by atoms with E-state index in [1.54, 1.807) is 0 Å². The fourth-order valence-electron chi connectivity index (χ4n) is 4.16. The number of pyridine rings is 1. The van der Waals surface area contributed by atoms with E-state index in [0.29, 0.717) is 12.5 Å². The molecule has 4 heterocycles.